The summed E-state index contributed by atoms with van der Waals surface area (Å²) in [6.45, 7) is 0. The third-order valence-electron chi connectivity index (χ3n) is 4.02. The Labute approximate surface area is 172 Å². The molecule has 3 N–H and O–H groups in total. The fourth-order valence-corrected chi connectivity index (χ4v) is 2.47. The molecule has 3 amide bonds. The number of nitrogens with zero attached hydrogens (tertiary/aromatic N) is 1. The smallest absolute Gasteiger partial charge is 0.323 e. The predicted octanol–water partition coefficient (Wildman–Crippen LogP) is 4.24. The molecule has 0 aromatic heterocycles. The van der Waals surface area contributed by atoms with Crippen LogP contribution in [0.4, 0.5) is 20.6 Å². The quantitative estimate of drug-likeness (QED) is 0.422. The fourth-order valence-electron chi connectivity index (χ4n) is 2.47. The van der Waals surface area contributed by atoms with Gasteiger partial charge in [0.2, 0.25) is 0 Å². The molecule has 0 bridgehead atoms. The van der Waals surface area contributed by atoms with E-state index in [4.69, 9.17) is 4.74 Å². The van der Waals surface area contributed by atoms with Crippen molar-refractivity contribution >= 4 is 29.5 Å². The summed E-state index contributed by atoms with van der Waals surface area (Å²) in [7, 11) is 1.58. The Hall–Kier alpha value is -4.20. The number of carbonyl (C=O) groups excluding carboxylic acids is 2. The second-order valence-electron chi connectivity index (χ2n) is 6.11. The summed E-state index contributed by atoms with van der Waals surface area (Å²) in [6, 6.07) is 18.6. The van der Waals surface area contributed by atoms with Gasteiger partial charge in [0, 0.05) is 11.3 Å². The molecular formula is C22H19FN4O3. The maximum absolute atomic E-state index is 13.6. The van der Waals surface area contributed by atoms with Crippen LogP contribution in [0.5, 0.6) is 5.75 Å². The largest absolute Gasteiger partial charge is 0.497 e. The van der Waals surface area contributed by atoms with Gasteiger partial charge in [-0.3, -0.25) is 4.79 Å². The number of carbonyl (C=O) groups is 2. The van der Waals surface area contributed by atoms with Gasteiger partial charge in [0.1, 0.15) is 11.6 Å². The van der Waals surface area contributed by atoms with Crippen molar-refractivity contribution in [3.05, 3.63) is 89.7 Å². The topological polar surface area (TPSA) is 91.8 Å². The number of hydrogen-bond acceptors (Lipinski definition) is 4. The van der Waals surface area contributed by atoms with Crippen LogP contribution in [0.15, 0.2) is 77.9 Å². The number of methoxy groups -OCH3 is 1. The van der Waals surface area contributed by atoms with Crippen LogP contribution in [0, 0.1) is 5.82 Å². The van der Waals surface area contributed by atoms with E-state index in [2.05, 4.69) is 21.2 Å². The van der Waals surface area contributed by atoms with E-state index in [0.717, 1.165) is 11.3 Å². The molecule has 0 aliphatic heterocycles. The summed E-state index contributed by atoms with van der Waals surface area (Å²) in [5.74, 6) is -0.204. The summed E-state index contributed by atoms with van der Waals surface area (Å²) in [4.78, 5) is 24.1. The number of nitrogens with one attached hydrogen (secondary N) is 3. The number of anilines is 2. The number of hydrazone groups is 1. The molecule has 3 aromatic rings. The number of rotatable bonds is 6. The molecule has 0 fully saturated rings. The van der Waals surface area contributed by atoms with Crippen LogP contribution in [0.1, 0.15) is 15.9 Å². The van der Waals surface area contributed by atoms with Crippen LogP contribution in [-0.4, -0.2) is 25.3 Å². The molecule has 8 heteroatoms. The molecule has 0 unspecified atom stereocenters. The highest BCUT2D eigenvalue weighted by molar-refractivity contribution is 6.00. The van der Waals surface area contributed by atoms with E-state index >= 15 is 0 Å². The summed E-state index contributed by atoms with van der Waals surface area (Å²) in [5, 5.41) is 8.90. The molecular weight excluding hydrogens is 387 g/mol. The Balaban J connectivity index is 1.52. The van der Waals surface area contributed by atoms with Crippen molar-refractivity contribution < 1.29 is 18.7 Å². The lowest BCUT2D eigenvalue weighted by atomic mass is 10.2. The first-order valence-corrected chi connectivity index (χ1v) is 8.95. The second-order valence-corrected chi connectivity index (χ2v) is 6.11. The molecule has 0 saturated carbocycles. The summed E-state index contributed by atoms with van der Waals surface area (Å²) in [5.41, 5.74) is 4.11. The lowest BCUT2D eigenvalue weighted by molar-refractivity contribution is 0.0955. The zero-order valence-electron chi connectivity index (χ0n) is 16.1. The van der Waals surface area contributed by atoms with E-state index in [1.807, 2.05) is 0 Å². The average molecular weight is 406 g/mol. The van der Waals surface area contributed by atoms with Gasteiger partial charge in [-0.2, -0.15) is 5.10 Å². The molecule has 0 radical (unpaired) electrons. The van der Waals surface area contributed by atoms with Crippen LogP contribution in [0.2, 0.25) is 0 Å². The Bertz CT molecular complexity index is 1050. The minimum atomic E-state index is -0.596. The van der Waals surface area contributed by atoms with Crippen molar-refractivity contribution in [2.75, 3.05) is 17.7 Å². The van der Waals surface area contributed by atoms with Crippen molar-refractivity contribution in [1.82, 2.24) is 5.43 Å². The molecule has 30 heavy (non-hydrogen) atoms. The lowest BCUT2D eigenvalue weighted by Crippen LogP contribution is -2.20. The van der Waals surface area contributed by atoms with Gasteiger partial charge in [-0.05, 0) is 66.2 Å². The van der Waals surface area contributed by atoms with Crippen molar-refractivity contribution in [2.24, 2.45) is 5.10 Å². The molecule has 0 atom stereocenters. The second kappa shape index (κ2) is 9.83. The summed E-state index contributed by atoms with van der Waals surface area (Å²) >= 11 is 0. The first kappa shape index (κ1) is 20.5. The normalized spacial score (nSPS) is 10.5. The van der Waals surface area contributed by atoms with Gasteiger partial charge in [0.25, 0.3) is 5.91 Å². The first-order chi connectivity index (χ1) is 14.5. The van der Waals surface area contributed by atoms with Gasteiger partial charge >= 0.3 is 6.03 Å². The van der Waals surface area contributed by atoms with Gasteiger partial charge in [0.15, 0.2) is 0 Å². The van der Waals surface area contributed by atoms with Gasteiger partial charge in [-0.25, -0.2) is 14.6 Å². The van der Waals surface area contributed by atoms with E-state index in [1.165, 1.54) is 36.5 Å². The Morgan fingerprint density at radius 1 is 0.933 bits per heavy atom. The number of halogens is 1. The molecule has 152 valence electrons. The maximum Gasteiger partial charge on any atom is 0.323 e. The fraction of sp³-hybridized carbons (Fsp3) is 0.0455. The number of urea groups is 1. The van der Waals surface area contributed by atoms with E-state index in [1.54, 1.807) is 49.6 Å². The highest BCUT2D eigenvalue weighted by atomic mass is 19.1. The van der Waals surface area contributed by atoms with E-state index in [0.29, 0.717) is 11.3 Å². The minimum Gasteiger partial charge on any atom is -0.497 e. The third kappa shape index (κ3) is 5.65. The van der Waals surface area contributed by atoms with Crippen molar-refractivity contribution in [1.29, 1.82) is 0 Å². The molecule has 0 heterocycles. The Kier molecular flexibility index (Phi) is 6.73. The van der Waals surface area contributed by atoms with E-state index < -0.39 is 17.8 Å². The zero-order valence-corrected chi connectivity index (χ0v) is 16.1. The molecule has 3 aromatic carbocycles. The standard InChI is InChI=1S/C22H19FN4O3/c1-30-18-12-6-15(7-13-18)14-24-27-21(28)16-8-10-17(11-9-16)25-22(29)26-20-5-3-2-4-19(20)23/h2-14H,1H3,(H,27,28)(H2,25,26,29). The van der Waals surface area contributed by atoms with Gasteiger partial charge < -0.3 is 15.4 Å². The maximum atomic E-state index is 13.6. The monoisotopic (exact) mass is 406 g/mol. The van der Waals surface area contributed by atoms with Crippen LogP contribution >= 0.6 is 0 Å². The van der Waals surface area contributed by atoms with Crippen LogP contribution in [0.3, 0.4) is 0 Å². The third-order valence-corrected chi connectivity index (χ3v) is 4.02. The number of ether oxygens (including phenoxy) is 1. The van der Waals surface area contributed by atoms with Crippen molar-refractivity contribution in [3.63, 3.8) is 0 Å². The van der Waals surface area contributed by atoms with Crippen LogP contribution in [0.25, 0.3) is 0 Å². The number of para-hydroxylation sites is 1. The highest BCUT2D eigenvalue weighted by Gasteiger charge is 2.08. The van der Waals surface area contributed by atoms with Crippen LogP contribution in [-0.2, 0) is 0 Å². The van der Waals surface area contributed by atoms with Gasteiger partial charge in [-0.15, -0.1) is 0 Å². The lowest BCUT2D eigenvalue weighted by Gasteiger charge is -2.08. The Morgan fingerprint density at radius 2 is 1.63 bits per heavy atom. The summed E-state index contributed by atoms with van der Waals surface area (Å²) < 4.78 is 18.6. The predicted molar refractivity (Wildman–Crippen MR) is 114 cm³/mol. The van der Waals surface area contributed by atoms with Gasteiger partial charge in [0.05, 0.1) is 19.0 Å². The minimum absolute atomic E-state index is 0.0701. The number of benzene rings is 3. The highest BCUT2D eigenvalue weighted by Crippen LogP contribution is 2.14. The SMILES string of the molecule is COc1ccc(C=NNC(=O)c2ccc(NC(=O)Nc3ccccc3F)cc2)cc1. The number of amides is 3. The molecule has 7 nitrogen and oxygen atoms in total. The summed E-state index contributed by atoms with van der Waals surface area (Å²) in [6.07, 6.45) is 1.51. The Morgan fingerprint density at radius 3 is 2.30 bits per heavy atom. The zero-order chi connectivity index (χ0) is 21.3. The van der Waals surface area contributed by atoms with E-state index in [9.17, 15) is 14.0 Å². The average Bonchev–Trinajstić information content (AvgIpc) is 2.76. The molecule has 0 spiro atoms. The van der Waals surface area contributed by atoms with Crippen LogP contribution < -0.4 is 20.8 Å². The van der Waals surface area contributed by atoms with Crippen molar-refractivity contribution in [2.45, 2.75) is 0 Å². The first-order valence-electron chi connectivity index (χ1n) is 8.95. The van der Waals surface area contributed by atoms with Gasteiger partial charge in [-0.1, -0.05) is 12.1 Å². The molecule has 3 rings (SSSR count). The molecule has 0 aliphatic rings. The number of hydrogen-bond donors (Lipinski definition) is 3. The molecule has 0 saturated heterocycles. The van der Waals surface area contributed by atoms with E-state index in [-0.39, 0.29) is 5.69 Å². The van der Waals surface area contributed by atoms with Crippen molar-refractivity contribution in [3.8, 4) is 5.75 Å². The molecule has 0 aliphatic carbocycles.